The van der Waals surface area contributed by atoms with E-state index < -0.39 is 5.97 Å². The van der Waals surface area contributed by atoms with Gasteiger partial charge in [0.1, 0.15) is 30.0 Å². The van der Waals surface area contributed by atoms with Gasteiger partial charge in [0.15, 0.2) is 15.8 Å². The summed E-state index contributed by atoms with van der Waals surface area (Å²) in [6.07, 6.45) is 6.61. The van der Waals surface area contributed by atoms with Gasteiger partial charge < -0.3 is 30.3 Å². The van der Waals surface area contributed by atoms with E-state index in [-0.39, 0.29) is 55.5 Å². The van der Waals surface area contributed by atoms with Crippen molar-refractivity contribution in [1.82, 2.24) is 36.3 Å². The summed E-state index contributed by atoms with van der Waals surface area (Å²) >= 11 is 7.40. The van der Waals surface area contributed by atoms with Gasteiger partial charge in [0, 0.05) is 45.0 Å². The summed E-state index contributed by atoms with van der Waals surface area (Å²) in [6.45, 7) is 1.58. The molecule has 48 heavy (non-hydrogen) atoms. The number of urea groups is 1. The summed E-state index contributed by atoms with van der Waals surface area (Å²) in [5.74, 6) is 0.626. The van der Waals surface area contributed by atoms with Crippen LogP contribution < -0.4 is 25.6 Å². The summed E-state index contributed by atoms with van der Waals surface area (Å²) in [6, 6.07) is 8.17. The minimum atomic E-state index is -0.438. The Morgan fingerprint density at radius 2 is 1.88 bits per heavy atom. The number of hydrogen-bond acceptors (Lipinski definition) is 11. The molecule has 1 saturated carbocycles. The van der Waals surface area contributed by atoms with Gasteiger partial charge in [-0.15, -0.1) is 20.4 Å². The first-order valence-electron chi connectivity index (χ1n) is 16.3. The Kier molecular flexibility index (Phi) is 11.2. The third-order valence-corrected chi connectivity index (χ3v) is 10.2. The van der Waals surface area contributed by atoms with E-state index in [1.165, 1.54) is 29.5 Å². The predicted octanol–water partition coefficient (Wildman–Crippen LogP) is 4.41. The molecule has 2 aromatic heterocycles. The number of ether oxygens (including phenoxy) is 2. The second kappa shape index (κ2) is 15.9. The smallest absolute Gasteiger partial charge is 0.315 e. The summed E-state index contributed by atoms with van der Waals surface area (Å²) in [7, 11) is 0. The van der Waals surface area contributed by atoms with Gasteiger partial charge in [-0.3, -0.25) is 9.59 Å². The van der Waals surface area contributed by atoms with Crippen molar-refractivity contribution in [2.24, 2.45) is 5.92 Å². The highest BCUT2D eigenvalue weighted by Gasteiger charge is 2.41. The number of anilines is 1. The molecule has 3 N–H and O–H groups in total. The molecular formula is C32H38ClFN8O5S. The molecule has 0 radical (unpaired) electrons. The largest absolute Gasteiger partial charge is 0.489 e. The van der Waals surface area contributed by atoms with Crippen LogP contribution >= 0.6 is 22.9 Å². The van der Waals surface area contributed by atoms with Crippen LogP contribution in [0.2, 0.25) is 5.02 Å². The van der Waals surface area contributed by atoms with Crippen molar-refractivity contribution in [2.75, 3.05) is 24.5 Å². The van der Waals surface area contributed by atoms with Crippen LogP contribution in [0.4, 0.5) is 15.0 Å². The third kappa shape index (κ3) is 8.86. The number of amides is 3. The van der Waals surface area contributed by atoms with Crippen molar-refractivity contribution in [3.8, 4) is 16.5 Å². The van der Waals surface area contributed by atoms with Crippen LogP contribution in [0.25, 0.3) is 10.7 Å². The Morgan fingerprint density at radius 1 is 1.02 bits per heavy atom. The molecule has 0 spiro atoms. The average molecular weight is 701 g/mol. The molecule has 2 saturated heterocycles. The van der Waals surface area contributed by atoms with Crippen LogP contribution in [0.15, 0.2) is 30.3 Å². The highest BCUT2D eigenvalue weighted by molar-refractivity contribution is 7.14. The Bertz CT molecular complexity index is 1590. The Balaban J connectivity index is 0.848. The van der Waals surface area contributed by atoms with Gasteiger partial charge in [0.25, 0.3) is 0 Å². The number of rotatable bonds is 14. The normalized spacial score (nSPS) is 20.6. The van der Waals surface area contributed by atoms with Gasteiger partial charge in [-0.2, -0.15) is 0 Å². The monoisotopic (exact) mass is 700 g/mol. The number of esters is 1. The second-order valence-electron chi connectivity index (χ2n) is 12.3. The molecule has 3 amide bonds. The van der Waals surface area contributed by atoms with E-state index in [0.29, 0.717) is 51.9 Å². The Hall–Kier alpha value is -4.11. The van der Waals surface area contributed by atoms with E-state index in [1.54, 1.807) is 0 Å². The van der Waals surface area contributed by atoms with Crippen molar-refractivity contribution in [3.05, 3.63) is 46.2 Å². The van der Waals surface area contributed by atoms with Crippen molar-refractivity contribution < 1.29 is 28.2 Å². The standard InChI is InChI=1S/C32H38ClFN8O5S/c33-22-7-6-20(34)17-25(22)47-21-12-15-42(16-13-21)26-10-9-24(38-39-26)31-41-40-28(48-31)18-46-29(44)11-14-35-27(43)4-2-1-3-19-5-8-23-30(19)37-32(45)36-23/h6-7,9-10,17,19,21,23,30H,1-5,8,11-16,18H2,(H,35,43)(H2,36,37,45)/t19-,23+,30-/m0/s1. The van der Waals surface area contributed by atoms with Crippen LogP contribution in [-0.2, 0) is 20.9 Å². The highest BCUT2D eigenvalue weighted by Crippen LogP contribution is 2.33. The van der Waals surface area contributed by atoms with Crippen molar-refractivity contribution >= 4 is 46.7 Å². The molecule has 1 aliphatic carbocycles. The fraction of sp³-hybridized carbons (Fsp3) is 0.531. The lowest BCUT2D eigenvalue weighted by Gasteiger charge is -2.32. The molecule has 3 fully saturated rings. The SMILES string of the molecule is O=C(CCCC[C@H]1CC[C@H]2NC(=O)N[C@@H]12)NCCC(=O)OCc1nnc(-c2ccc(N3CCC(Oc4cc(F)ccc4Cl)CC3)nn2)s1. The van der Waals surface area contributed by atoms with Crippen molar-refractivity contribution in [2.45, 2.75) is 82.6 Å². The molecule has 0 bridgehead atoms. The minimum Gasteiger partial charge on any atom is -0.489 e. The van der Waals surface area contributed by atoms with Gasteiger partial charge >= 0.3 is 12.0 Å². The summed E-state index contributed by atoms with van der Waals surface area (Å²) < 4.78 is 24.8. The lowest BCUT2D eigenvalue weighted by Crippen LogP contribution is -2.38. The van der Waals surface area contributed by atoms with Crippen LogP contribution in [0.5, 0.6) is 5.75 Å². The molecular weight excluding hydrogens is 663 g/mol. The van der Waals surface area contributed by atoms with Gasteiger partial charge in [-0.25, -0.2) is 9.18 Å². The first-order chi connectivity index (χ1) is 23.3. The molecule has 256 valence electrons. The van der Waals surface area contributed by atoms with E-state index in [4.69, 9.17) is 21.1 Å². The van der Waals surface area contributed by atoms with E-state index in [1.807, 2.05) is 12.1 Å². The number of benzene rings is 1. The molecule has 3 aliphatic rings. The van der Waals surface area contributed by atoms with E-state index in [9.17, 15) is 18.8 Å². The third-order valence-electron chi connectivity index (χ3n) is 8.93. The number of piperidine rings is 1. The first-order valence-corrected chi connectivity index (χ1v) is 17.5. The molecule has 16 heteroatoms. The van der Waals surface area contributed by atoms with Crippen molar-refractivity contribution in [3.63, 3.8) is 0 Å². The van der Waals surface area contributed by atoms with E-state index >= 15 is 0 Å². The zero-order valence-corrected chi connectivity index (χ0v) is 27.9. The fourth-order valence-electron chi connectivity index (χ4n) is 6.42. The molecule has 3 aromatic rings. The maximum atomic E-state index is 13.6. The van der Waals surface area contributed by atoms with Crippen LogP contribution in [0.3, 0.4) is 0 Å². The van der Waals surface area contributed by atoms with Gasteiger partial charge in [0.2, 0.25) is 5.91 Å². The average Bonchev–Trinajstić information content (AvgIpc) is 3.81. The molecule has 3 atom stereocenters. The summed E-state index contributed by atoms with van der Waals surface area (Å²) in [5, 5.41) is 27.2. The van der Waals surface area contributed by atoms with Crippen LogP contribution in [0.1, 0.15) is 62.8 Å². The van der Waals surface area contributed by atoms with E-state index in [2.05, 4.69) is 41.2 Å². The number of carbonyl (C=O) groups is 3. The van der Waals surface area contributed by atoms with Crippen molar-refractivity contribution in [1.29, 1.82) is 0 Å². The Labute approximate surface area is 286 Å². The second-order valence-corrected chi connectivity index (χ2v) is 13.7. The van der Waals surface area contributed by atoms with Gasteiger partial charge in [0.05, 0.1) is 23.5 Å². The topological polar surface area (TPSA) is 161 Å². The van der Waals surface area contributed by atoms with Crippen LogP contribution in [-0.4, -0.2) is 76.1 Å². The zero-order valence-electron chi connectivity index (χ0n) is 26.3. The predicted molar refractivity (Wildman–Crippen MR) is 176 cm³/mol. The first kappa shape index (κ1) is 33.8. The highest BCUT2D eigenvalue weighted by atomic mass is 35.5. The van der Waals surface area contributed by atoms with Gasteiger partial charge in [-0.05, 0) is 55.9 Å². The Morgan fingerprint density at radius 3 is 2.69 bits per heavy atom. The zero-order chi connectivity index (χ0) is 33.5. The van der Waals surface area contributed by atoms with Gasteiger partial charge in [-0.1, -0.05) is 29.4 Å². The number of nitrogens with zero attached hydrogens (tertiary/aromatic N) is 5. The number of unbranched alkanes of at least 4 members (excludes halogenated alkanes) is 1. The summed E-state index contributed by atoms with van der Waals surface area (Å²) in [4.78, 5) is 38.0. The van der Waals surface area contributed by atoms with E-state index in [0.717, 1.165) is 50.8 Å². The maximum Gasteiger partial charge on any atom is 0.315 e. The van der Waals surface area contributed by atoms with Crippen LogP contribution in [0, 0.1) is 11.7 Å². The quantitative estimate of drug-likeness (QED) is 0.162. The number of carbonyl (C=O) groups excluding carboxylic acids is 3. The molecule has 4 heterocycles. The number of nitrogens with one attached hydrogen (secondary N) is 3. The fourth-order valence-corrected chi connectivity index (χ4v) is 7.30. The molecule has 2 aliphatic heterocycles. The number of halogens is 2. The lowest BCUT2D eigenvalue weighted by molar-refractivity contribution is -0.144. The molecule has 13 nitrogen and oxygen atoms in total. The molecule has 6 rings (SSSR count). The summed E-state index contributed by atoms with van der Waals surface area (Å²) in [5.41, 5.74) is 0.560. The maximum absolute atomic E-state index is 13.6. The number of fused-ring (bicyclic) bond motifs is 1. The molecule has 1 aromatic carbocycles. The minimum absolute atomic E-state index is 0.0210. The molecule has 0 unspecified atom stereocenters. The number of hydrogen-bond donors (Lipinski definition) is 3. The number of aromatic nitrogens is 4. The lowest BCUT2D eigenvalue weighted by atomic mass is 9.96.